The minimum atomic E-state index is 0. The normalized spacial score (nSPS) is 16.6. The van der Waals surface area contributed by atoms with E-state index >= 15 is 0 Å². The van der Waals surface area contributed by atoms with Crippen molar-refractivity contribution >= 4 is 44.3 Å². The summed E-state index contributed by atoms with van der Waals surface area (Å²) in [4.78, 5) is 0. The molecule has 0 unspecified atom stereocenters. The van der Waals surface area contributed by atoms with Crippen molar-refractivity contribution in [3.8, 4) is 5.75 Å². The zero-order valence-electron chi connectivity index (χ0n) is 8.71. The summed E-state index contributed by atoms with van der Waals surface area (Å²) in [7, 11) is 0. The first-order chi connectivity index (χ1) is 7.25. The van der Waals surface area contributed by atoms with Gasteiger partial charge in [0, 0.05) is 4.47 Å². The Balaban J connectivity index is 0.00000128. The smallest absolute Gasteiger partial charge is 0.133 e. The molecule has 0 bridgehead atoms. The Labute approximate surface area is 119 Å². The van der Waals surface area contributed by atoms with E-state index in [1.165, 1.54) is 0 Å². The molecule has 5 heteroatoms. The Bertz CT molecular complexity index is 343. The minimum Gasteiger partial charge on any atom is -0.489 e. The Kier molecular flexibility index (Phi) is 6.11. The first-order valence-electron chi connectivity index (χ1n) is 5.08. The average Bonchev–Trinajstić information content (AvgIpc) is 2.24. The number of hydrogen-bond donors (Lipinski definition) is 1. The molecule has 1 aromatic carbocycles. The maximum Gasteiger partial charge on any atom is 0.133 e. The molecule has 0 saturated carbocycles. The SMILES string of the molecule is Brc1ccc(OC2CCNCC2)c(Br)c1.Cl. The van der Waals surface area contributed by atoms with E-state index in [4.69, 9.17) is 4.74 Å². The van der Waals surface area contributed by atoms with Crippen LogP contribution in [-0.2, 0) is 0 Å². The van der Waals surface area contributed by atoms with Crippen LogP contribution in [-0.4, -0.2) is 19.2 Å². The summed E-state index contributed by atoms with van der Waals surface area (Å²) in [5.41, 5.74) is 0. The Morgan fingerprint density at radius 1 is 1.19 bits per heavy atom. The lowest BCUT2D eigenvalue weighted by Gasteiger charge is -2.24. The molecule has 1 aliphatic rings. The molecule has 0 atom stereocenters. The van der Waals surface area contributed by atoms with E-state index in [1.807, 2.05) is 18.2 Å². The summed E-state index contributed by atoms with van der Waals surface area (Å²) < 4.78 is 8.01. The summed E-state index contributed by atoms with van der Waals surface area (Å²) in [6.07, 6.45) is 2.52. The molecule has 2 nitrogen and oxygen atoms in total. The summed E-state index contributed by atoms with van der Waals surface area (Å²) in [6.45, 7) is 2.11. The summed E-state index contributed by atoms with van der Waals surface area (Å²) in [5.74, 6) is 0.935. The number of benzene rings is 1. The minimum absolute atomic E-state index is 0. The van der Waals surface area contributed by atoms with Gasteiger partial charge in [0.1, 0.15) is 11.9 Å². The van der Waals surface area contributed by atoms with Gasteiger partial charge in [-0.2, -0.15) is 0 Å². The average molecular weight is 371 g/mol. The second-order valence-electron chi connectivity index (χ2n) is 3.64. The molecule has 16 heavy (non-hydrogen) atoms. The Morgan fingerprint density at radius 2 is 1.88 bits per heavy atom. The molecule has 1 saturated heterocycles. The van der Waals surface area contributed by atoms with Crippen LogP contribution in [0.4, 0.5) is 0 Å². The standard InChI is InChI=1S/C11H13Br2NO.ClH/c12-8-1-2-11(10(13)7-8)15-9-3-5-14-6-4-9;/h1-2,7,9,14H,3-6H2;1H. The molecular formula is C11H14Br2ClNO. The third-order valence-electron chi connectivity index (χ3n) is 2.47. The molecule has 0 spiro atoms. The number of piperidine rings is 1. The molecule has 1 aromatic rings. The van der Waals surface area contributed by atoms with Gasteiger partial charge >= 0.3 is 0 Å². The zero-order valence-corrected chi connectivity index (χ0v) is 12.7. The van der Waals surface area contributed by atoms with Gasteiger partial charge in [0.15, 0.2) is 0 Å². The molecule has 1 aliphatic heterocycles. The maximum atomic E-state index is 5.93. The van der Waals surface area contributed by atoms with Gasteiger partial charge in [0.25, 0.3) is 0 Å². The summed E-state index contributed by atoms with van der Waals surface area (Å²) >= 11 is 6.93. The van der Waals surface area contributed by atoms with Gasteiger partial charge in [-0.1, -0.05) is 15.9 Å². The van der Waals surface area contributed by atoms with E-state index in [2.05, 4.69) is 37.2 Å². The summed E-state index contributed by atoms with van der Waals surface area (Å²) in [5, 5.41) is 3.33. The van der Waals surface area contributed by atoms with E-state index < -0.39 is 0 Å². The van der Waals surface area contributed by atoms with Crippen LogP contribution < -0.4 is 10.1 Å². The number of nitrogens with one attached hydrogen (secondary N) is 1. The first kappa shape index (κ1) is 14.3. The van der Waals surface area contributed by atoms with E-state index in [-0.39, 0.29) is 12.4 Å². The van der Waals surface area contributed by atoms with E-state index in [9.17, 15) is 0 Å². The molecule has 2 rings (SSSR count). The van der Waals surface area contributed by atoms with Gasteiger partial charge in [-0.3, -0.25) is 0 Å². The van der Waals surface area contributed by atoms with Gasteiger partial charge in [-0.05, 0) is 60.1 Å². The van der Waals surface area contributed by atoms with Crippen LogP contribution in [0.15, 0.2) is 27.1 Å². The highest BCUT2D eigenvalue weighted by Crippen LogP contribution is 2.29. The topological polar surface area (TPSA) is 21.3 Å². The van der Waals surface area contributed by atoms with Crippen molar-refractivity contribution in [2.75, 3.05) is 13.1 Å². The largest absolute Gasteiger partial charge is 0.489 e. The number of hydrogen-bond acceptors (Lipinski definition) is 2. The number of ether oxygens (including phenoxy) is 1. The highest BCUT2D eigenvalue weighted by Gasteiger charge is 2.15. The molecule has 1 fully saturated rings. The van der Waals surface area contributed by atoms with Gasteiger partial charge < -0.3 is 10.1 Å². The van der Waals surface area contributed by atoms with Gasteiger partial charge in [0.2, 0.25) is 0 Å². The van der Waals surface area contributed by atoms with Gasteiger partial charge in [0.05, 0.1) is 4.47 Å². The molecule has 0 radical (unpaired) electrons. The maximum absolute atomic E-state index is 5.93. The van der Waals surface area contributed by atoms with E-state index in [0.29, 0.717) is 6.10 Å². The molecule has 1 heterocycles. The van der Waals surface area contributed by atoms with Crippen molar-refractivity contribution in [1.82, 2.24) is 5.32 Å². The highest BCUT2D eigenvalue weighted by atomic mass is 79.9. The van der Waals surface area contributed by atoms with Crippen LogP contribution in [0.3, 0.4) is 0 Å². The second kappa shape index (κ2) is 6.84. The van der Waals surface area contributed by atoms with Crippen molar-refractivity contribution in [2.24, 2.45) is 0 Å². The highest BCUT2D eigenvalue weighted by molar-refractivity contribution is 9.11. The Hall–Kier alpha value is 0.230. The zero-order chi connectivity index (χ0) is 10.7. The monoisotopic (exact) mass is 369 g/mol. The molecule has 0 aromatic heterocycles. The van der Waals surface area contributed by atoms with Crippen molar-refractivity contribution in [3.63, 3.8) is 0 Å². The molecule has 0 aliphatic carbocycles. The van der Waals surface area contributed by atoms with Crippen LogP contribution in [0.1, 0.15) is 12.8 Å². The molecular weight excluding hydrogens is 357 g/mol. The lowest BCUT2D eigenvalue weighted by molar-refractivity contribution is 0.161. The predicted octanol–water partition coefficient (Wildman–Crippen LogP) is 3.76. The van der Waals surface area contributed by atoms with Crippen LogP contribution in [0.5, 0.6) is 5.75 Å². The molecule has 1 N–H and O–H groups in total. The van der Waals surface area contributed by atoms with Crippen LogP contribution in [0, 0.1) is 0 Å². The van der Waals surface area contributed by atoms with Crippen molar-refractivity contribution in [2.45, 2.75) is 18.9 Å². The second-order valence-corrected chi connectivity index (χ2v) is 5.41. The van der Waals surface area contributed by atoms with Crippen LogP contribution in [0.2, 0.25) is 0 Å². The summed E-state index contributed by atoms with van der Waals surface area (Å²) in [6, 6.07) is 6.01. The molecule has 0 amide bonds. The van der Waals surface area contributed by atoms with Crippen LogP contribution >= 0.6 is 44.3 Å². The van der Waals surface area contributed by atoms with Crippen molar-refractivity contribution in [1.29, 1.82) is 0 Å². The van der Waals surface area contributed by atoms with Gasteiger partial charge in [-0.15, -0.1) is 12.4 Å². The fourth-order valence-electron chi connectivity index (χ4n) is 1.66. The fraction of sp³-hybridized carbons (Fsp3) is 0.455. The third kappa shape index (κ3) is 3.91. The van der Waals surface area contributed by atoms with Gasteiger partial charge in [-0.25, -0.2) is 0 Å². The molecule has 90 valence electrons. The van der Waals surface area contributed by atoms with Crippen molar-refractivity contribution < 1.29 is 4.74 Å². The Morgan fingerprint density at radius 3 is 2.50 bits per heavy atom. The number of halogens is 3. The quantitative estimate of drug-likeness (QED) is 0.855. The third-order valence-corrected chi connectivity index (χ3v) is 3.59. The predicted molar refractivity (Wildman–Crippen MR) is 75.6 cm³/mol. The fourth-order valence-corrected chi connectivity index (χ4v) is 2.80. The lowest BCUT2D eigenvalue weighted by Crippen LogP contribution is -2.34. The van der Waals surface area contributed by atoms with E-state index in [0.717, 1.165) is 40.6 Å². The number of rotatable bonds is 2. The van der Waals surface area contributed by atoms with E-state index in [1.54, 1.807) is 0 Å². The lowest BCUT2D eigenvalue weighted by atomic mass is 10.1. The first-order valence-corrected chi connectivity index (χ1v) is 6.67. The van der Waals surface area contributed by atoms with Crippen molar-refractivity contribution in [3.05, 3.63) is 27.1 Å². The van der Waals surface area contributed by atoms with Crippen LogP contribution in [0.25, 0.3) is 0 Å².